The highest BCUT2D eigenvalue weighted by Crippen LogP contribution is 2.26. The molecule has 1 fully saturated rings. The molecule has 0 bridgehead atoms. The molecule has 1 aromatic heterocycles. The smallest absolute Gasteiger partial charge is 0.308 e. The van der Waals surface area contributed by atoms with Crippen molar-refractivity contribution < 1.29 is 23.5 Å². The van der Waals surface area contributed by atoms with Crippen LogP contribution in [0.25, 0.3) is 5.69 Å². The van der Waals surface area contributed by atoms with Crippen LogP contribution in [0.1, 0.15) is 28.9 Å². The van der Waals surface area contributed by atoms with E-state index in [0.29, 0.717) is 37.4 Å². The largest absolute Gasteiger partial charge is 0.485 e. The Hall–Kier alpha value is -3.68. The predicted octanol–water partition coefficient (Wildman–Crippen LogP) is 3.62. The fourth-order valence-electron chi connectivity index (χ4n) is 3.71. The molecule has 1 saturated heterocycles. The zero-order valence-electron chi connectivity index (χ0n) is 17.7. The number of halogens is 1. The standard InChI is InChI=1S/C24H24FN3O4/c1-31-24(30)18-11-13-27(14-12-18)23(29)22-21(32-16-17-5-3-2-4-6-17)15-28(26-22)20-9-7-19(25)8-10-20/h2-10,15,18H,11-14,16H2,1H3. The van der Waals surface area contributed by atoms with Gasteiger partial charge in [0, 0.05) is 13.1 Å². The number of carbonyl (C=O) groups excluding carboxylic acids is 2. The maximum absolute atomic E-state index is 13.3. The van der Waals surface area contributed by atoms with Gasteiger partial charge in [0.1, 0.15) is 12.4 Å². The Bertz CT molecular complexity index is 1070. The molecule has 0 aliphatic carbocycles. The van der Waals surface area contributed by atoms with Gasteiger partial charge in [-0.2, -0.15) is 5.10 Å². The molecule has 0 N–H and O–H groups in total. The SMILES string of the molecule is COC(=O)C1CCN(C(=O)c2nn(-c3ccc(F)cc3)cc2OCc2ccccc2)CC1. The van der Waals surface area contributed by atoms with Gasteiger partial charge in [0.25, 0.3) is 5.91 Å². The van der Waals surface area contributed by atoms with Crippen molar-refractivity contribution in [3.8, 4) is 11.4 Å². The molecule has 32 heavy (non-hydrogen) atoms. The summed E-state index contributed by atoms with van der Waals surface area (Å²) in [6, 6.07) is 15.5. The number of ether oxygens (including phenoxy) is 2. The average Bonchev–Trinajstić information content (AvgIpc) is 3.27. The van der Waals surface area contributed by atoms with Crippen molar-refractivity contribution in [2.45, 2.75) is 19.4 Å². The molecule has 3 aromatic rings. The van der Waals surface area contributed by atoms with Gasteiger partial charge < -0.3 is 14.4 Å². The molecule has 166 valence electrons. The van der Waals surface area contributed by atoms with Crippen molar-refractivity contribution in [3.63, 3.8) is 0 Å². The lowest BCUT2D eigenvalue weighted by Gasteiger charge is -2.30. The van der Waals surface area contributed by atoms with Crippen LogP contribution in [-0.2, 0) is 16.1 Å². The van der Waals surface area contributed by atoms with E-state index in [1.165, 1.54) is 23.9 Å². The van der Waals surface area contributed by atoms with Gasteiger partial charge in [-0.3, -0.25) is 9.59 Å². The summed E-state index contributed by atoms with van der Waals surface area (Å²) in [6.07, 6.45) is 2.71. The average molecular weight is 437 g/mol. The van der Waals surface area contributed by atoms with Gasteiger partial charge in [-0.05, 0) is 42.7 Å². The van der Waals surface area contributed by atoms with Crippen molar-refractivity contribution in [2.24, 2.45) is 5.92 Å². The number of aromatic nitrogens is 2. The van der Waals surface area contributed by atoms with Gasteiger partial charge in [0.15, 0.2) is 11.4 Å². The molecule has 0 unspecified atom stereocenters. The van der Waals surface area contributed by atoms with Crippen molar-refractivity contribution >= 4 is 11.9 Å². The normalized spacial score (nSPS) is 14.2. The number of amides is 1. The maximum Gasteiger partial charge on any atom is 0.308 e. The zero-order chi connectivity index (χ0) is 22.5. The second kappa shape index (κ2) is 9.64. The molecular weight excluding hydrogens is 413 g/mol. The molecule has 0 radical (unpaired) electrons. The Balaban J connectivity index is 1.56. The first-order valence-corrected chi connectivity index (χ1v) is 10.4. The molecule has 0 saturated carbocycles. The van der Waals surface area contributed by atoms with Crippen LogP contribution in [0.5, 0.6) is 5.75 Å². The van der Waals surface area contributed by atoms with E-state index >= 15 is 0 Å². The van der Waals surface area contributed by atoms with Gasteiger partial charge in [0.05, 0.1) is 24.9 Å². The van der Waals surface area contributed by atoms with Crippen LogP contribution in [-0.4, -0.2) is 46.8 Å². The lowest BCUT2D eigenvalue weighted by molar-refractivity contribution is -0.146. The van der Waals surface area contributed by atoms with Crippen LogP contribution in [0.2, 0.25) is 0 Å². The van der Waals surface area contributed by atoms with E-state index in [4.69, 9.17) is 9.47 Å². The highest BCUT2D eigenvalue weighted by molar-refractivity contribution is 5.95. The lowest BCUT2D eigenvalue weighted by atomic mass is 9.97. The van der Waals surface area contributed by atoms with E-state index in [2.05, 4.69) is 5.10 Å². The molecule has 2 aromatic carbocycles. The molecule has 8 heteroatoms. The minimum atomic E-state index is -0.355. The van der Waals surface area contributed by atoms with Crippen molar-refractivity contribution in [1.82, 2.24) is 14.7 Å². The molecule has 0 atom stereocenters. The van der Waals surface area contributed by atoms with E-state index in [9.17, 15) is 14.0 Å². The first-order valence-electron chi connectivity index (χ1n) is 10.4. The number of likely N-dealkylation sites (tertiary alicyclic amines) is 1. The maximum atomic E-state index is 13.3. The first-order chi connectivity index (χ1) is 15.5. The third-order valence-electron chi connectivity index (χ3n) is 5.53. The van der Waals surface area contributed by atoms with Crippen LogP contribution in [0, 0.1) is 11.7 Å². The second-order valence-corrected chi connectivity index (χ2v) is 7.63. The molecule has 2 heterocycles. The predicted molar refractivity (Wildman–Crippen MR) is 115 cm³/mol. The fraction of sp³-hybridized carbons (Fsp3) is 0.292. The van der Waals surface area contributed by atoms with Gasteiger partial charge in [-0.1, -0.05) is 30.3 Å². The number of piperidine rings is 1. The number of methoxy groups -OCH3 is 1. The number of rotatable bonds is 6. The van der Waals surface area contributed by atoms with Crippen LogP contribution in [0.15, 0.2) is 60.8 Å². The molecule has 1 aliphatic heterocycles. The quantitative estimate of drug-likeness (QED) is 0.551. The van der Waals surface area contributed by atoms with Crippen LogP contribution >= 0.6 is 0 Å². The Kier molecular flexibility index (Phi) is 6.49. The zero-order valence-corrected chi connectivity index (χ0v) is 17.7. The number of benzene rings is 2. The van der Waals surface area contributed by atoms with E-state index < -0.39 is 0 Å². The van der Waals surface area contributed by atoms with Gasteiger partial charge in [0.2, 0.25) is 0 Å². The van der Waals surface area contributed by atoms with Crippen LogP contribution in [0.3, 0.4) is 0 Å². The summed E-state index contributed by atoms with van der Waals surface area (Å²) in [5, 5.41) is 4.45. The fourth-order valence-corrected chi connectivity index (χ4v) is 3.71. The summed E-state index contributed by atoms with van der Waals surface area (Å²) in [4.78, 5) is 26.7. The summed E-state index contributed by atoms with van der Waals surface area (Å²) < 4.78 is 25.6. The summed E-state index contributed by atoms with van der Waals surface area (Å²) in [6.45, 7) is 1.14. The van der Waals surface area contributed by atoms with Crippen molar-refractivity contribution in [3.05, 3.63) is 77.9 Å². The third-order valence-corrected chi connectivity index (χ3v) is 5.53. The molecule has 4 rings (SSSR count). The molecule has 7 nitrogen and oxygen atoms in total. The second-order valence-electron chi connectivity index (χ2n) is 7.63. The Morgan fingerprint density at radius 1 is 1.06 bits per heavy atom. The minimum Gasteiger partial charge on any atom is -0.485 e. The van der Waals surface area contributed by atoms with E-state index in [-0.39, 0.29) is 35.9 Å². The van der Waals surface area contributed by atoms with Gasteiger partial charge in [-0.25, -0.2) is 9.07 Å². The topological polar surface area (TPSA) is 73.7 Å². The summed E-state index contributed by atoms with van der Waals surface area (Å²) in [5.74, 6) is -0.721. The van der Waals surface area contributed by atoms with Gasteiger partial charge >= 0.3 is 5.97 Å². The van der Waals surface area contributed by atoms with Crippen LogP contribution < -0.4 is 4.74 Å². The van der Waals surface area contributed by atoms with E-state index in [0.717, 1.165) is 5.56 Å². The number of esters is 1. The highest BCUT2D eigenvalue weighted by atomic mass is 19.1. The van der Waals surface area contributed by atoms with Crippen LogP contribution in [0.4, 0.5) is 4.39 Å². The Morgan fingerprint density at radius 2 is 1.75 bits per heavy atom. The number of hydrogen-bond donors (Lipinski definition) is 0. The number of hydrogen-bond acceptors (Lipinski definition) is 5. The molecule has 0 spiro atoms. The third kappa shape index (κ3) is 4.80. The summed E-state index contributed by atoms with van der Waals surface area (Å²) >= 11 is 0. The molecular formula is C24H24FN3O4. The Labute approximate surface area is 185 Å². The summed E-state index contributed by atoms with van der Waals surface area (Å²) in [5.41, 5.74) is 1.75. The summed E-state index contributed by atoms with van der Waals surface area (Å²) in [7, 11) is 1.37. The number of carbonyl (C=O) groups is 2. The van der Waals surface area contributed by atoms with E-state index in [1.807, 2.05) is 30.3 Å². The number of nitrogens with zero attached hydrogens (tertiary/aromatic N) is 3. The monoisotopic (exact) mass is 437 g/mol. The van der Waals surface area contributed by atoms with Crippen molar-refractivity contribution in [2.75, 3.05) is 20.2 Å². The Morgan fingerprint density at radius 3 is 2.41 bits per heavy atom. The minimum absolute atomic E-state index is 0.182. The van der Waals surface area contributed by atoms with Crippen molar-refractivity contribution in [1.29, 1.82) is 0 Å². The first kappa shape index (κ1) is 21.5. The molecule has 1 aliphatic rings. The van der Waals surface area contributed by atoms with E-state index in [1.54, 1.807) is 23.2 Å². The lowest BCUT2D eigenvalue weighted by Crippen LogP contribution is -2.40. The highest BCUT2D eigenvalue weighted by Gasteiger charge is 2.31. The molecule has 1 amide bonds. The van der Waals surface area contributed by atoms with Gasteiger partial charge in [-0.15, -0.1) is 0 Å².